The molecule has 0 spiro atoms. The van der Waals surface area contributed by atoms with Gasteiger partial charge in [0.05, 0.1) is 6.26 Å². The number of phenols is 2. The molecule has 0 fully saturated rings. The van der Waals surface area contributed by atoms with Crippen molar-refractivity contribution in [2.75, 3.05) is 11.0 Å². The standard InChI is InChI=1S/C15H15NO4S/c1-21(19,20)16-13-7-4-11(5-8-13)2-3-12-6-9-14(17)15(18)10-12/h2-10,16-18H,1H3. The van der Waals surface area contributed by atoms with Gasteiger partial charge in [0.2, 0.25) is 10.0 Å². The number of rotatable bonds is 4. The maximum atomic E-state index is 11.1. The van der Waals surface area contributed by atoms with Gasteiger partial charge in [0.15, 0.2) is 11.5 Å². The third-order valence-electron chi connectivity index (χ3n) is 2.68. The Kier molecular flexibility index (Phi) is 4.18. The summed E-state index contributed by atoms with van der Waals surface area (Å²) < 4.78 is 24.6. The second-order valence-electron chi connectivity index (χ2n) is 4.58. The highest BCUT2D eigenvalue weighted by molar-refractivity contribution is 7.92. The van der Waals surface area contributed by atoms with Crippen molar-refractivity contribution in [3.05, 3.63) is 53.6 Å². The van der Waals surface area contributed by atoms with Crippen LogP contribution in [0.5, 0.6) is 11.5 Å². The lowest BCUT2D eigenvalue weighted by Crippen LogP contribution is -2.09. The third kappa shape index (κ3) is 4.54. The Morgan fingerprint density at radius 2 is 1.48 bits per heavy atom. The molecular formula is C15H15NO4S. The number of phenolic OH excluding ortho intramolecular Hbond substituents is 2. The van der Waals surface area contributed by atoms with Crippen LogP contribution >= 0.6 is 0 Å². The Hall–Kier alpha value is -2.47. The van der Waals surface area contributed by atoms with Crippen molar-refractivity contribution in [1.82, 2.24) is 0 Å². The Morgan fingerprint density at radius 3 is 2.05 bits per heavy atom. The second kappa shape index (κ2) is 5.88. The molecule has 0 saturated heterocycles. The molecule has 21 heavy (non-hydrogen) atoms. The molecule has 2 rings (SSSR count). The smallest absolute Gasteiger partial charge is 0.229 e. The molecule has 0 heterocycles. The van der Waals surface area contributed by atoms with Crippen LogP contribution in [0.15, 0.2) is 42.5 Å². The zero-order chi connectivity index (χ0) is 15.5. The summed E-state index contributed by atoms with van der Waals surface area (Å²) in [5, 5.41) is 18.6. The first kappa shape index (κ1) is 14.9. The summed E-state index contributed by atoms with van der Waals surface area (Å²) in [6.45, 7) is 0. The Morgan fingerprint density at radius 1 is 0.905 bits per heavy atom. The molecule has 0 saturated carbocycles. The number of benzene rings is 2. The predicted octanol–water partition coefficient (Wildman–Crippen LogP) is 2.64. The van der Waals surface area contributed by atoms with Crippen molar-refractivity contribution in [3.63, 3.8) is 0 Å². The number of sulfonamides is 1. The lowest BCUT2D eigenvalue weighted by molar-refractivity contribution is 0.403. The maximum Gasteiger partial charge on any atom is 0.229 e. The summed E-state index contributed by atoms with van der Waals surface area (Å²) in [7, 11) is -3.27. The van der Waals surface area contributed by atoms with Gasteiger partial charge in [-0.2, -0.15) is 0 Å². The monoisotopic (exact) mass is 305 g/mol. The molecule has 0 aromatic heterocycles. The SMILES string of the molecule is CS(=O)(=O)Nc1ccc(C=Cc2ccc(O)c(O)c2)cc1. The van der Waals surface area contributed by atoms with Gasteiger partial charge in [0.1, 0.15) is 0 Å². The zero-order valence-electron chi connectivity index (χ0n) is 11.3. The van der Waals surface area contributed by atoms with Gasteiger partial charge in [-0.05, 0) is 35.4 Å². The van der Waals surface area contributed by atoms with Crippen molar-refractivity contribution in [2.24, 2.45) is 0 Å². The fourth-order valence-electron chi connectivity index (χ4n) is 1.71. The van der Waals surface area contributed by atoms with Crippen LogP contribution < -0.4 is 4.72 Å². The quantitative estimate of drug-likeness (QED) is 0.598. The minimum absolute atomic E-state index is 0.164. The molecule has 3 N–H and O–H groups in total. The lowest BCUT2D eigenvalue weighted by Gasteiger charge is -2.03. The van der Waals surface area contributed by atoms with Gasteiger partial charge in [0, 0.05) is 5.69 Å². The van der Waals surface area contributed by atoms with Crippen LogP contribution in [0.4, 0.5) is 5.69 Å². The molecular weight excluding hydrogens is 290 g/mol. The minimum Gasteiger partial charge on any atom is -0.504 e. The summed E-state index contributed by atoms with van der Waals surface area (Å²) in [5.74, 6) is -0.340. The van der Waals surface area contributed by atoms with Crippen LogP contribution in [-0.4, -0.2) is 24.9 Å². The molecule has 2 aromatic rings. The van der Waals surface area contributed by atoms with E-state index < -0.39 is 10.0 Å². The van der Waals surface area contributed by atoms with Gasteiger partial charge in [-0.15, -0.1) is 0 Å². The van der Waals surface area contributed by atoms with Crippen LogP contribution in [0.3, 0.4) is 0 Å². The molecule has 6 heteroatoms. The van der Waals surface area contributed by atoms with Crippen LogP contribution in [0.25, 0.3) is 12.2 Å². The number of hydrogen-bond donors (Lipinski definition) is 3. The van der Waals surface area contributed by atoms with Crippen molar-refractivity contribution >= 4 is 27.9 Å². The van der Waals surface area contributed by atoms with Gasteiger partial charge in [0.25, 0.3) is 0 Å². The summed E-state index contributed by atoms with van der Waals surface area (Å²) in [4.78, 5) is 0. The van der Waals surface area contributed by atoms with E-state index in [-0.39, 0.29) is 11.5 Å². The lowest BCUT2D eigenvalue weighted by atomic mass is 10.1. The second-order valence-corrected chi connectivity index (χ2v) is 6.33. The van der Waals surface area contributed by atoms with Crippen molar-refractivity contribution in [3.8, 4) is 11.5 Å². The Bertz CT molecular complexity index is 765. The summed E-state index contributed by atoms with van der Waals surface area (Å²) >= 11 is 0. The molecule has 5 nitrogen and oxygen atoms in total. The van der Waals surface area contributed by atoms with E-state index in [4.69, 9.17) is 0 Å². The van der Waals surface area contributed by atoms with Gasteiger partial charge < -0.3 is 10.2 Å². The predicted molar refractivity (Wildman–Crippen MR) is 83.6 cm³/mol. The molecule has 0 unspecified atom stereocenters. The third-order valence-corrected chi connectivity index (χ3v) is 3.29. The molecule has 2 aromatic carbocycles. The minimum atomic E-state index is -3.27. The van der Waals surface area contributed by atoms with E-state index in [9.17, 15) is 18.6 Å². The van der Waals surface area contributed by atoms with E-state index >= 15 is 0 Å². The topological polar surface area (TPSA) is 86.6 Å². The summed E-state index contributed by atoms with van der Waals surface area (Å²) in [6, 6.07) is 11.4. The molecule has 0 bridgehead atoms. The van der Waals surface area contributed by atoms with Crippen LogP contribution in [0, 0.1) is 0 Å². The number of anilines is 1. The summed E-state index contributed by atoms with van der Waals surface area (Å²) in [5.41, 5.74) is 2.11. The molecule has 0 atom stereocenters. The molecule has 0 aliphatic carbocycles. The van der Waals surface area contributed by atoms with Gasteiger partial charge >= 0.3 is 0 Å². The normalized spacial score (nSPS) is 11.7. The first-order chi connectivity index (χ1) is 9.83. The molecule has 0 radical (unpaired) electrons. The van der Waals surface area contributed by atoms with Crippen LogP contribution in [0.2, 0.25) is 0 Å². The van der Waals surface area contributed by atoms with E-state index in [2.05, 4.69) is 4.72 Å². The van der Waals surface area contributed by atoms with Gasteiger partial charge in [-0.1, -0.05) is 30.4 Å². The first-order valence-corrected chi connectivity index (χ1v) is 8.00. The van der Waals surface area contributed by atoms with Crippen LogP contribution in [0.1, 0.15) is 11.1 Å². The highest BCUT2D eigenvalue weighted by atomic mass is 32.2. The highest BCUT2D eigenvalue weighted by Gasteiger charge is 2.01. The van der Waals surface area contributed by atoms with E-state index in [1.807, 2.05) is 6.08 Å². The number of nitrogens with one attached hydrogen (secondary N) is 1. The highest BCUT2D eigenvalue weighted by Crippen LogP contribution is 2.25. The van der Waals surface area contributed by atoms with E-state index in [1.165, 1.54) is 12.1 Å². The van der Waals surface area contributed by atoms with Crippen LogP contribution in [-0.2, 0) is 10.0 Å². The van der Waals surface area contributed by atoms with Crippen molar-refractivity contribution in [1.29, 1.82) is 0 Å². The Balaban J connectivity index is 2.12. The fourth-order valence-corrected chi connectivity index (χ4v) is 2.28. The molecule has 0 aliphatic heterocycles. The first-order valence-electron chi connectivity index (χ1n) is 6.11. The Labute approximate surface area is 123 Å². The average Bonchev–Trinajstić information content (AvgIpc) is 2.40. The molecule has 0 aliphatic rings. The zero-order valence-corrected chi connectivity index (χ0v) is 12.1. The van der Waals surface area contributed by atoms with E-state index in [0.29, 0.717) is 5.69 Å². The van der Waals surface area contributed by atoms with E-state index in [1.54, 1.807) is 36.4 Å². The van der Waals surface area contributed by atoms with Gasteiger partial charge in [-0.25, -0.2) is 8.42 Å². The van der Waals surface area contributed by atoms with E-state index in [0.717, 1.165) is 17.4 Å². The maximum absolute atomic E-state index is 11.1. The fraction of sp³-hybridized carbons (Fsp3) is 0.0667. The number of aromatic hydroxyl groups is 2. The van der Waals surface area contributed by atoms with Crippen molar-refractivity contribution in [2.45, 2.75) is 0 Å². The molecule has 0 amide bonds. The largest absolute Gasteiger partial charge is 0.504 e. The summed E-state index contributed by atoms with van der Waals surface area (Å²) in [6.07, 6.45) is 4.69. The molecule has 110 valence electrons. The average molecular weight is 305 g/mol. The van der Waals surface area contributed by atoms with Crippen molar-refractivity contribution < 1.29 is 18.6 Å². The number of hydrogen-bond acceptors (Lipinski definition) is 4. The van der Waals surface area contributed by atoms with Gasteiger partial charge in [-0.3, -0.25) is 4.72 Å².